The molecule has 0 fully saturated rings. The van der Waals surface area contributed by atoms with Gasteiger partial charge in [-0.2, -0.15) is 0 Å². The summed E-state index contributed by atoms with van der Waals surface area (Å²) in [5.41, 5.74) is 0.659. The van der Waals surface area contributed by atoms with E-state index in [1.807, 2.05) is 0 Å². The number of hydrogen-bond acceptors (Lipinski definition) is 5. The van der Waals surface area contributed by atoms with E-state index in [2.05, 4.69) is 10.3 Å². The molecular weight excluding hydrogens is 254 g/mol. The molecule has 0 atom stereocenters. The van der Waals surface area contributed by atoms with Crippen molar-refractivity contribution in [3.05, 3.63) is 42.2 Å². The molecule has 0 bridgehead atoms. The fourth-order valence-electron chi connectivity index (χ4n) is 1.50. The number of phenolic OH excluding ortho intramolecular Hbond substituents is 1. The lowest BCUT2D eigenvalue weighted by Gasteiger charge is -2.04. The lowest BCUT2D eigenvalue weighted by Crippen LogP contribution is -2.15. The van der Waals surface area contributed by atoms with Crippen LogP contribution in [0.25, 0.3) is 0 Å². The molecule has 0 aliphatic heterocycles. The maximum atomic E-state index is 11.9. The quantitative estimate of drug-likeness (QED) is 0.857. The minimum atomic E-state index is -3.19. The highest BCUT2D eigenvalue weighted by atomic mass is 32.2. The van der Waals surface area contributed by atoms with E-state index >= 15 is 0 Å². The van der Waals surface area contributed by atoms with Crippen LogP contribution >= 0.6 is 0 Å². The molecule has 0 spiro atoms. The van der Waals surface area contributed by atoms with Gasteiger partial charge in [-0.3, -0.25) is 4.68 Å². The summed E-state index contributed by atoms with van der Waals surface area (Å²) in [6, 6.07) is 6.15. The SMILES string of the molecule is O=S(=O)(CCn1ccnn1)Cc1ccc(O)cc1. The minimum Gasteiger partial charge on any atom is -0.508 e. The smallest absolute Gasteiger partial charge is 0.156 e. The summed E-state index contributed by atoms with van der Waals surface area (Å²) in [6.07, 6.45) is 3.13. The molecule has 0 amide bonds. The van der Waals surface area contributed by atoms with Crippen molar-refractivity contribution in [2.45, 2.75) is 12.3 Å². The molecule has 0 aliphatic rings. The Morgan fingerprint density at radius 3 is 2.56 bits per heavy atom. The van der Waals surface area contributed by atoms with Crippen LogP contribution < -0.4 is 0 Å². The van der Waals surface area contributed by atoms with Crippen LogP contribution in [0.1, 0.15) is 5.56 Å². The molecule has 7 heteroatoms. The Morgan fingerprint density at radius 2 is 1.94 bits per heavy atom. The lowest BCUT2D eigenvalue weighted by molar-refractivity contribution is 0.475. The maximum Gasteiger partial charge on any atom is 0.156 e. The lowest BCUT2D eigenvalue weighted by atomic mass is 10.2. The van der Waals surface area contributed by atoms with E-state index in [0.717, 1.165) is 0 Å². The van der Waals surface area contributed by atoms with Gasteiger partial charge < -0.3 is 5.11 Å². The van der Waals surface area contributed by atoms with Crippen LogP contribution in [0, 0.1) is 0 Å². The third-order valence-corrected chi connectivity index (χ3v) is 4.00. The average molecular weight is 267 g/mol. The predicted molar refractivity (Wildman–Crippen MR) is 65.6 cm³/mol. The summed E-state index contributed by atoms with van der Waals surface area (Å²) >= 11 is 0. The van der Waals surface area contributed by atoms with Crippen LogP contribution in [0.4, 0.5) is 0 Å². The van der Waals surface area contributed by atoms with E-state index in [0.29, 0.717) is 12.1 Å². The fraction of sp³-hybridized carbons (Fsp3) is 0.273. The first-order valence-electron chi connectivity index (χ1n) is 5.38. The van der Waals surface area contributed by atoms with Crippen molar-refractivity contribution in [3.63, 3.8) is 0 Å². The van der Waals surface area contributed by atoms with Crippen molar-refractivity contribution in [1.82, 2.24) is 15.0 Å². The standard InChI is InChI=1S/C11H13N3O3S/c15-11-3-1-10(2-4-11)9-18(16,17)8-7-14-6-5-12-13-14/h1-6,15H,7-9H2. The number of aromatic nitrogens is 3. The third kappa shape index (κ3) is 3.56. The van der Waals surface area contributed by atoms with E-state index in [-0.39, 0.29) is 17.3 Å². The van der Waals surface area contributed by atoms with Gasteiger partial charge in [0, 0.05) is 6.20 Å². The second kappa shape index (κ2) is 5.18. The normalized spacial score (nSPS) is 11.6. The molecule has 1 aromatic heterocycles. The van der Waals surface area contributed by atoms with Crippen molar-refractivity contribution in [1.29, 1.82) is 0 Å². The van der Waals surface area contributed by atoms with Gasteiger partial charge in [-0.1, -0.05) is 17.3 Å². The highest BCUT2D eigenvalue weighted by Crippen LogP contribution is 2.12. The highest BCUT2D eigenvalue weighted by Gasteiger charge is 2.12. The Hall–Kier alpha value is -1.89. The van der Waals surface area contributed by atoms with Crippen LogP contribution in [0.3, 0.4) is 0 Å². The number of phenols is 1. The van der Waals surface area contributed by atoms with Crippen LogP contribution in [0.15, 0.2) is 36.7 Å². The average Bonchev–Trinajstić information content (AvgIpc) is 2.83. The Morgan fingerprint density at radius 1 is 1.22 bits per heavy atom. The van der Waals surface area contributed by atoms with Gasteiger partial charge in [0.2, 0.25) is 0 Å². The van der Waals surface area contributed by atoms with Crippen molar-refractivity contribution in [2.75, 3.05) is 5.75 Å². The first-order chi connectivity index (χ1) is 8.55. The van der Waals surface area contributed by atoms with Gasteiger partial charge in [-0.05, 0) is 17.7 Å². The van der Waals surface area contributed by atoms with E-state index < -0.39 is 9.84 Å². The number of sulfone groups is 1. The fourth-order valence-corrected chi connectivity index (χ4v) is 2.81. The van der Waals surface area contributed by atoms with Gasteiger partial charge >= 0.3 is 0 Å². The van der Waals surface area contributed by atoms with E-state index in [4.69, 9.17) is 5.11 Å². The molecule has 6 nitrogen and oxygen atoms in total. The summed E-state index contributed by atoms with van der Waals surface area (Å²) in [4.78, 5) is 0. The molecule has 18 heavy (non-hydrogen) atoms. The van der Waals surface area contributed by atoms with Gasteiger partial charge in [0.05, 0.1) is 24.2 Å². The van der Waals surface area contributed by atoms with Gasteiger partial charge in [0.15, 0.2) is 9.84 Å². The Balaban J connectivity index is 1.97. The number of aryl methyl sites for hydroxylation is 1. The molecule has 0 radical (unpaired) electrons. The molecule has 0 aliphatic carbocycles. The maximum absolute atomic E-state index is 11.9. The molecule has 96 valence electrons. The first-order valence-corrected chi connectivity index (χ1v) is 7.20. The number of aromatic hydroxyl groups is 1. The Kier molecular flexibility index (Phi) is 3.61. The third-order valence-electron chi connectivity index (χ3n) is 2.43. The van der Waals surface area contributed by atoms with E-state index in [1.54, 1.807) is 18.3 Å². The first kappa shape index (κ1) is 12.6. The topological polar surface area (TPSA) is 85.1 Å². The number of benzene rings is 1. The van der Waals surface area contributed by atoms with Gasteiger partial charge in [-0.25, -0.2) is 8.42 Å². The highest BCUT2D eigenvalue weighted by molar-refractivity contribution is 7.90. The molecule has 1 heterocycles. The van der Waals surface area contributed by atoms with Crippen LogP contribution in [0.5, 0.6) is 5.75 Å². The van der Waals surface area contributed by atoms with E-state index in [9.17, 15) is 8.42 Å². The zero-order valence-corrected chi connectivity index (χ0v) is 10.4. The summed E-state index contributed by atoms with van der Waals surface area (Å²) in [5.74, 6) is 0.0953. The van der Waals surface area contributed by atoms with E-state index in [1.165, 1.54) is 23.0 Å². The predicted octanol–water partition coefficient (Wildman–Crippen LogP) is 0.599. The molecule has 0 saturated heterocycles. The summed E-state index contributed by atoms with van der Waals surface area (Å²) in [7, 11) is -3.19. The van der Waals surface area contributed by atoms with Crippen molar-refractivity contribution in [2.24, 2.45) is 0 Å². The van der Waals surface area contributed by atoms with Crippen LogP contribution in [-0.2, 0) is 22.1 Å². The molecular formula is C11H13N3O3S. The number of hydrogen-bond donors (Lipinski definition) is 1. The van der Waals surface area contributed by atoms with Crippen LogP contribution in [0.2, 0.25) is 0 Å². The molecule has 2 aromatic rings. The summed E-state index contributed by atoms with van der Waals surface area (Å²) in [6.45, 7) is 0.292. The number of nitrogens with zero attached hydrogens (tertiary/aromatic N) is 3. The second-order valence-electron chi connectivity index (χ2n) is 3.92. The summed E-state index contributed by atoms with van der Waals surface area (Å²) < 4.78 is 25.2. The Labute approximate surface area is 105 Å². The number of rotatable bonds is 5. The van der Waals surface area contributed by atoms with Gasteiger partial charge in [0.1, 0.15) is 5.75 Å². The molecule has 0 saturated carbocycles. The molecule has 1 N–H and O–H groups in total. The zero-order valence-electron chi connectivity index (χ0n) is 9.60. The zero-order chi connectivity index (χ0) is 13.0. The van der Waals surface area contributed by atoms with Crippen molar-refractivity contribution in [3.8, 4) is 5.75 Å². The van der Waals surface area contributed by atoms with Crippen LogP contribution in [-0.4, -0.2) is 34.3 Å². The molecule has 0 unspecified atom stereocenters. The van der Waals surface area contributed by atoms with Crippen molar-refractivity contribution >= 4 is 9.84 Å². The minimum absolute atomic E-state index is 0.0111. The van der Waals surface area contributed by atoms with Gasteiger partial charge in [-0.15, -0.1) is 5.10 Å². The van der Waals surface area contributed by atoms with Gasteiger partial charge in [0.25, 0.3) is 0 Å². The van der Waals surface area contributed by atoms with Crippen molar-refractivity contribution < 1.29 is 13.5 Å². The largest absolute Gasteiger partial charge is 0.508 e. The molecule has 1 aromatic carbocycles. The second-order valence-corrected chi connectivity index (χ2v) is 6.11. The Bertz CT molecular complexity index is 591. The summed E-state index contributed by atoms with van der Waals surface area (Å²) in [5, 5.41) is 16.4. The monoisotopic (exact) mass is 267 g/mol. The molecule has 2 rings (SSSR count).